The van der Waals surface area contributed by atoms with Crippen LogP contribution in [0.4, 0.5) is 5.69 Å². The summed E-state index contributed by atoms with van der Waals surface area (Å²) in [5.74, 6) is 0.118. The molecule has 0 radical (unpaired) electrons. The molecular weight excluding hydrogens is 377 g/mol. The fourth-order valence-corrected chi connectivity index (χ4v) is 3.57. The van der Waals surface area contributed by atoms with Crippen LogP contribution in [0, 0.1) is 16.0 Å². The zero-order chi connectivity index (χ0) is 18.0. The second-order valence-electron chi connectivity index (χ2n) is 6.14. The van der Waals surface area contributed by atoms with E-state index in [2.05, 4.69) is 0 Å². The highest BCUT2D eigenvalue weighted by Crippen LogP contribution is 2.34. The molecular formula is C18H19Cl2N3O3. The number of likely N-dealkylation sites (tertiary alicyclic amines) is 1. The van der Waals surface area contributed by atoms with E-state index in [-0.39, 0.29) is 46.4 Å². The number of hydrogen-bond donors (Lipinski definition) is 1. The minimum Gasteiger partial charge on any atom is -0.338 e. The molecule has 3 rings (SSSR count). The van der Waals surface area contributed by atoms with Crippen molar-refractivity contribution in [1.29, 1.82) is 0 Å². The molecule has 26 heavy (non-hydrogen) atoms. The first-order valence-corrected chi connectivity index (χ1v) is 8.37. The first-order valence-electron chi connectivity index (χ1n) is 7.99. The predicted octanol–water partition coefficient (Wildman–Crippen LogP) is 3.48. The largest absolute Gasteiger partial charge is 0.338 e. The van der Waals surface area contributed by atoms with Gasteiger partial charge in [-0.2, -0.15) is 0 Å². The van der Waals surface area contributed by atoms with E-state index >= 15 is 0 Å². The third-order valence-corrected chi connectivity index (χ3v) is 4.97. The lowest BCUT2D eigenvalue weighted by molar-refractivity contribution is -0.384. The molecule has 2 N–H and O–H groups in total. The Hall–Kier alpha value is -2.15. The van der Waals surface area contributed by atoms with Gasteiger partial charge in [0.15, 0.2) is 0 Å². The van der Waals surface area contributed by atoms with Gasteiger partial charge in [-0.15, -0.1) is 12.4 Å². The molecule has 0 aliphatic carbocycles. The van der Waals surface area contributed by atoms with Gasteiger partial charge in [0, 0.05) is 31.1 Å². The monoisotopic (exact) mass is 395 g/mol. The zero-order valence-corrected chi connectivity index (χ0v) is 15.4. The van der Waals surface area contributed by atoms with Crippen LogP contribution in [0.5, 0.6) is 0 Å². The summed E-state index contributed by atoms with van der Waals surface area (Å²) in [6, 6.07) is 13.9. The van der Waals surface area contributed by atoms with Crippen LogP contribution < -0.4 is 5.73 Å². The van der Waals surface area contributed by atoms with Gasteiger partial charge >= 0.3 is 0 Å². The molecule has 8 heteroatoms. The number of carbonyl (C=O) groups is 1. The Labute approximate surface area is 162 Å². The van der Waals surface area contributed by atoms with Crippen molar-refractivity contribution in [3.05, 3.63) is 74.8 Å². The fraction of sp³-hybridized carbons (Fsp3) is 0.278. The summed E-state index contributed by atoms with van der Waals surface area (Å²) in [7, 11) is 0. The molecule has 1 amide bonds. The van der Waals surface area contributed by atoms with Crippen LogP contribution in [-0.2, 0) is 0 Å². The molecule has 1 fully saturated rings. The van der Waals surface area contributed by atoms with Crippen LogP contribution in [-0.4, -0.2) is 35.4 Å². The molecule has 0 aromatic heterocycles. The number of nitro groups is 1. The van der Waals surface area contributed by atoms with E-state index in [1.165, 1.54) is 18.2 Å². The number of amides is 1. The van der Waals surface area contributed by atoms with E-state index in [0.717, 1.165) is 5.56 Å². The SMILES string of the molecule is Cl.NC[C@@H]1CN(C(=O)c2ccc([N+](=O)[O-])cc2Cl)C[C@H]1c1ccccc1. The molecule has 0 unspecified atom stereocenters. The number of nitro benzene ring substituents is 1. The summed E-state index contributed by atoms with van der Waals surface area (Å²) >= 11 is 6.09. The average molecular weight is 396 g/mol. The minimum atomic E-state index is -0.536. The van der Waals surface area contributed by atoms with Crippen LogP contribution in [0.2, 0.25) is 5.02 Å². The van der Waals surface area contributed by atoms with Gasteiger partial charge in [0.05, 0.1) is 15.5 Å². The standard InChI is InChI=1S/C18H18ClN3O3.ClH/c19-17-8-14(22(24)25)6-7-15(17)18(23)21-10-13(9-20)16(11-21)12-4-2-1-3-5-12;/h1-8,13,16H,9-11,20H2;1H/t13-,16+;/m1./s1. The van der Waals surface area contributed by atoms with Crippen molar-refractivity contribution in [2.24, 2.45) is 11.7 Å². The maximum atomic E-state index is 12.8. The molecule has 1 aliphatic rings. The lowest BCUT2D eigenvalue weighted by atomic mass is 9.89. The number of non-ortho nitro benzene ring substituents is 1. The first-order chi connectivity index (χ1) is 12.0. The van der Waals surface area contributed by atoms with Crippen LogP contribution in [0.25, 0.3) is 0 Å². The van der Waals surface area contributed by atoms with E-state index in [4.69, 9.17) is 17.3 Å². The molecule has 0 saturated carbocycles. The molecule has 138 valence electrons. The topological polar surface area (TPSA) is 89.5 Å². The summed E-state index contributed by atoms with van der Waals surface area (Å²) in [5.41, 5.74) is 7.20. The van der Waals surface area contributed by atoms with E-state index in [0.29, 0.717) is 19.6 Å². The number of rotatable bonds is 4. The van der Waals surface area contributed by atoms with Crippen molar-refractivity contribution in [3.8, 4) is 0 Å². The molecule has 2 aromatic rings. The minimum absolute atomic E-state index is 0. The number of benzene rings is 2. The average Bonchev–Trinajstić information content (AvgIpc) is 3.06. The summed E-state index contributed by atoms with van der Waals surface area (Å²) < 4.78 is 0. The molecule has 1 heterocycles. The first kappa shape index (κ1) is 20.2. The van der Waals surface area contributed by atoms with Gasteiger partial charge in [-0.3, -0.25) is 14.9 Å². The molecule has 2 aromatic carbocycles. The molecule has 0 bridgehead atoms. The Kier molecular flexibility index (Phi) is 6.58. The fourth-order valence-electron chi connectivity index (χ4n) is 3.32. The van der Waals surface area contributed by atoms with Gasteiger partial charge in [-0.1, -0.05) is 41.9 Å². The zero-order valence-electron chi connectivity index (χ0n) is 13.9. The number of nitrogens with zero attached hydrogens (tertiary/aromatic N) is 2. The lowest BCUT2D eigenvalue weighted by Crippen LogP contribution is -2.30. The van der Waals surface area contributed by atoms with Crippen molar-refractivity contribution >= 4 is 35.6 Å². The van der Waals surface area contributed by atoms with Crippen molar-refractivity contribution in [2.75, 3.05) is 19.6 Å². The van der Waals surface area contributed by atoms with E-state index < -0.39 is 4.92 Å². The lowest BCUT2D eigenvalue weighted by Gasteiger charge is -2.17. The highest BCUT2D eigenvalue weighted by molar-refractivity contribution is 6.34. The molecule has 1 aliphatic heterocycles. The van der Waals surface area contributed by atoms with E-state index in [9.17, 15) is 14.9 Å². The van der Waals surface area contributed by atoms with Crippen molar-refractivity contribution in [1.82, 2.24) is 4.90 Å². The Morgan fingerprint density at radius 1 is 1.23 bits per heavy atom. The predicted molar refractivity (Wildman–Crippen MR) is 103 cm³/mol. The highest BCUT2D eigenvalue weighted by Gasteiger charge is 2.36. The summed E-state index contributed by atoms with van der Waals surface area (Å²) in [6.07, 6.45) is 0. The van der Waals surface area contributed by atoms with Gasteiger partial charge in [0.25, 0.3) is 11.6 Å². The third-order valence-electron chi connectivity index (χ3n) is 4.65. The van der Waals surface area contributed by atoms with Gasteiger partial charge < -0.3 is 10.6 Å². The quantitative estimate of drug-likeness (QED) is 0.633. The van der Waals surface area contributed by atoms with Gasteiger partial charge in [0.2, 0.25) is 0 Å². The van der Waals surface area contributed by atoms with Gasteiger partial charge in [-0.05, 0) is 24.1 Å². The number of carbonyl (C=O) groups excluding carboxylic acids is 1. The maximum Gasteiger partial charge on any atom is 0.270 e. The molecule has 1 saturated heterocycles. The summed E-state index contributed by atoms with van der Waals surface area (Å²) in [6.45, 7) is 1.58. The number of halogens is 2. The molecule has 6 nitrogen and oxygen atoms in total. The number of nitrogens with two attached hydrogens (primary N) is 1. The van der Waals surface area contributed by atoms with Crippen molar-refractivity contribution in [2.45, 2.75) is 5.92 Å². The smallest absolute Gasteiger partial charge is 0.270 e. The Balaban J connectivity index is 0.00000243. The number of hydrogen-bond acceptors (Lipinski definition) is 4. The van der Waals surface area contributed by atoms with Crippen LogP contribution in [0.3, 0.4) is 0 Å². The van der Waals surface area contributed by atoms with E-state index in [1.807, 2.05) is 30.3 Å². The summed E-state index contributed by atoms with van der Waals surface area (Å²) in [5, 5.41) is 10.9. The third kappa shape index (κ3) is 3.98. The Bertz CT molecular complexity index is 802. The van der Waals surface area contributed by atoms with Crippen molar-refractivity contribution in [3.63, 3.8) is 0 Å². The van der Waals surface area contributed by atoms with Gasteiger partial charge in [-0.25, -0.2) is 0 Å². The normalized spacial score (nSPS) is 19.1. The molecule has 0 spiro atoms. The maximum absolute atomic E-state index is 12.8. The van der Waals surface area contributed by atoms with Crippen molar-refractivity contribution < 1.29 is 9.72 Å². The van der Waals surface area contributed by atoms with E-state index in [1.54, 1.807) is 4.90 Å². The second kappa shape index (κ2) is 8.49. The van der Waals surface area contributed by atoms with Gasteiger partial charge in [0.1, 0.15) is 0 Å². The Morgan fingerprint density at radius 2 is 1.92 bits per heavy atom. The highest BCUT2D eigenvalue weighted by atomic mass is 35.5. The van der Waals surface area contributed by atoms with Crippen LogP contribution in [0.1, 0.15) is 21.8 Å². The molecule has 2 atom stereocenters. The van der Waals surface area contributed by atoms with Crippen LogP contribution in [0.15, 0.2) is 48.5 Å². The second-order valence-corrected chi connectivity index (χ2v) is 6.55. The Morgan fingerprint density at radius 3 is 2.50 bits per heavy atom. The summed E-state index contributed by atoms with van der Waals surface area (Å²) in [4.78, 5) is 24.8. The van der Waals surface area contributed by atoms with Crippen LogP contribution >= 0.6 is 24.0 Å².